The minimum absolute atomic E-state index is 0.0409. The van der Waals surface area contributed by atoms with Crippen LogP contribution >= 0.6 is 0 Å². The summed E-state index contributed by atoms with van der Waals surface area (Å²) in [5, 5.41) is 3.72. The van der Waals surface area contributed by atoms with Crippen molar-refractivity contribution in [3.63, 3.8) is 0 Å². The molecule has 0 spiro atoms. The number of rotatable bonds is 3. The maximum Gasteiger partial charge on any atom is 0.0666 e. The van der Waals surface area contributed by atoms with Crippen molar-refractivity contribution < 1.29 is 4.74 Å². The predicted octanol–water partition coefficient (Wildman–Crippen LogP) is 3.75. The van der Waals surface area contributed by atoms with Gasteiger partial charge >= 0.3 is 0 Å². The Balaban J connectivity index is 2.13. The van der Waals surface area contributed by atoms with E-state index in [1.165, 1.54) is 32.1 Å². The molecule has 0 aromatic carbocycles. The third-order valence-corrected chi connectivity index (χ3v) is 4.95. The minimum atomic E-state index is 0.0409. The van der Waals surface area contributed by atoms with Gasteiger partial charge in [0.15, 0.2) is 0 Å². The average molecular weight is 253 g/mol. The van der Waals surface area contributed by atoms with E-state index in [1.807, 2.05) is 0 Å². The molecular formula is C16H31NO. The van der Waals surface area contributed by atoms with Crippen molar-refractivity contribution in [2.45, 2.75) is 84.0 Å². The van der Waals surface area contributed by atoms with Crippen LogP contribution in [0.3, 0.4) is 0 Å². The van der Waals surface area contributed by atoms with E-state index in [0.717, 1.165) is 12.5 Å². The lowest BCUT2D eigenvalue weighted by Gasteiger charge is -2.40. The summed E-state index contributed by atoms with van der Waals surface area (Å²) in [6.07, 6.45) is 6.74. The first-order valence-corrected chi connectivity index (χ1v) is 7.79. The summed E-state index contributed by atoms with van der Waals surface area (Å²) >= 11 is 0. The number of hydrogen-bond donors (Lipinski definition) is 1. The first-order chi connectivity index (χ1) is 8.36. The zero-order valence-corrected chi connectivity index (χ0v) is 12.9. The van der Waals surface area contributed by atoms with Crippen LogP contribution in [0.15, 0.2) is 0 Å². The summed E-state index contributed by atoms with van der Waals surface area (Å²) in [6, 6.07) is 0.713. The molecule has 1 aliphatic heterocycles. The molecule has 2 rings (SSSR count). The summed E-state index contributed by atoms with van der Waals surface area (Å²) in [5.41, 5.74) is 0.0988. The molecule has 3 unspecified atom stereocenters. The van der Waals surface area contributed by atoms with Gasteiger partial charge in [-0.1, -0.05) is 19.8 Å². The molecule has 0 aromatic heterocycles. The Labute approximate surface area is 113 Å². The van der Waals surface area contributed by atoms with Crippen LogP contribution in [-0.4, -0.2) is 23.8 Å². The van der Waals surface area contributed by atoms with Gasteiger partial charge in [-0.05, 0) is 65.3 Å². The maximum absolute atomic E-state index is 6.30. The third kappa shape index (κ3) is 2.91. The maximum atomic E-state index is 6.30. The first kappa shape index (κ1) is 14.3. The van der Waals surface area contributed by atoms with Gasteiger partial charge in [-0.2, -0.15) is 0 Å². The fourth-order valence-electron chi connectivity index (χ4n) is 4.43. The zero-order valence-electron chi connectivity index (χ0n) is 12.9. The molecule has 1 aliphatic carbocycles. The molecule has 1 heterocycles. The molecule has 2 aliphatic rings. The lowest BCUT2D eigenvalue weighted by Crippen LogP contribution is -2.46. The van der Waals surface area contributed by atoms with E-state index in [-0.39, 0.29) is 11.2 Å². The Hall–Kier alpha value is -0.0800. The van der Waals surface area contributed by atoms with E-state index in [2.05, 4.69) is 39.9 Å². The molecule has 1 saturated carbocycles. The number of hydrogen-bond acceptors (Lipinski definition) is 2. The zero-order chi connectivity index (χ0) is 13.4. The van der Waals surface area contributed by atoms with Crippen LogP contribution < -0.4 is 5.32 Å². The third-order valence-electron chi connectivity index (χ3n) is 4.95. The molecule has 0 aromatic rings. The highest BCUT2D eigenvalue weighted by molar-refractivity contribution is 5.00. The van der Waals surface area contributed by atoms with Crippen molar-refractivity contribution >= 4 is 0 Å². The molecule has 0 radical (unpaired) electrons. The molecule has 2 fully saturated rings. The van der Waals surface area contributed by atoms with E-state index in [0.29, 0.717) is 12.0 Å². The van der Waals surface area contributed by atoms with Gasteiger partial charge < -0.3 is 10.1 Å². The topological polar surface area (TPSA) is 21.3 Å². The van der Waals surface area contributed by atoms with Gasteiger partial charge in [0.2, 0.25) is 0 Å². The summed E-state index contributed by atoms with van der Waals surface area (Å²) in [7, 11) is 0. The number of ether oxygens (including phenoxy) is 1. The Bertz CT molecular complexity index is 283. The molecule has 2 heteroatoms. The van der Waals surface area contributed by atoms with Gasteiger partial charge in [-0.15, -0.1) is 0 Å². The highest BCUT2D eigenvalue weighted by Crippen LogP contribution is 2.49. The molecule has 0 amide bonds. The quantitative estimate of drug-likeness (QED) is 0.827. The Morgan fingerprint density at radius 1 is 1.11 bits per heavy atom. The van der Waals surface area contributed by atoms with Crippen molar-refractivity contribution in [2.75, 3.05) is 6.54 Å². The molecule has 1 saturated heterocycles. The fraction of sp³-hybridized carbons (Fsp3) is 1.00. The second-order valence-corrected chi connectivity index (χ2v) is 7.39. The summed E-state index contributed by atoms with van der Waals surface area (Å²) in [6.45, 7) is 12.4. The molecule has 2 nitrogen and oxygen atoms in total. The minimum Gasteiger partial charge on any atom is -0.369 e. The lowest BCUT2D eigenvalue weighted by atomic mass is 9.69. The SMILES string of the molecule is CCNC1CCCCC1C1CC(C)(C)OC1(C)C. The van der Waals surface area contributed by atoms with Crippen molar-refractivity contribution in [1.82, 2.24) is 5.32 Å². The van der Waals surface area contributed by atoms with Crippen LogP contribution in [0.2, 0.25) is 0 Å². The Morgan fingerprint density at radius 3 is 2.33 bits per heavy atom. The van der Waals surface area contributed by atoms with Gasteiger partial charge in [0, 0.05) is 6.04 Å². The van der Waals surface area contributed by atoms with E-state index < -0.39 is 0 Å². The van der Waals surface area contributed by atoms with Crippen LogP contribution in [-0.2, 0) is 4.74 Å². The van der Waals surface area contributed by atoms with E-state index in [4.69, 9.17) is 4.74 Å². The highest BCUT2D eigenvalue weighted by atomic mass is 16.5. The van der Waals surface area contributed by atoms with Crippen LogP contribution in [0.4, 0.5) is 0 Å². The van der Waals surface area contributed by atoms with Gasteiger partial charge in [0.1, 0.15) is 0 Å². The van der Waals surface area contributed by atoms with E-state index in [1.54, 1.807) is 0 Å². The second-order valence-electron chi connectivity index (χ2n) is 7.39. The Morgan fingerprint density at radius 2 is 1.78 bits per heavy atom. The number of nitrogens with one attached hydrogen (secondary N) is 1. The van der Waals surface area contributed by atoms with Crippen molar-refractivity contribution in [3.8, 4) is 0 Å². The smallest absolute Gasteiger partial charge is 0.0666 e. The molecule has 18 heavy (non-hydrogen) atoms. The first-order valence-electron chi connectivity index (χ1n) is 7.79. The summed E-state index contributed by atoms with van der Waals surface area (Å²) in [4.78, 5) is 0. The van der Waals surface area contributed by atoms with Gasteiger partial charge in [0.05, 0.1) is 11.2 Å². The van der Waals surface area contributed by atoms with E-state index >= 15 is 0 Å². The van der Waals surface area contributed by atoms with E-state index in [9.17, 15) is 0 Å². The molecular weight excluding hydrogens is 222 g/mol. The van der Waals surface area contributed by atoms with Gasteiger partial charge in [-0.3, -0.25) is 0 Å². The summed E-state index contributed by atoms with van der Waals surface area (Å²) in [5.74, 6) is 1.51. The fourth-order valence-corrected chi connectivity index (χ4v) is 4.43. The highest BCUT2D eigenvalue weighted by Gasteiger charge is 2.50. The van der Waals surface area contributed by atoms with Gasteiger partial charge in [0.25, 0.3) is 0 Å². The largest absolute Gasteiger partial charge is 0.369 e. The molecule has 3 atom stereocenters. The van der Waals surface area contributed by atoms with Crippen LogP contribution in [0.1, 0.15) is 66.7 Å². The molecule has 106 valence electrons. The molecule has 1 N–H and O–H groups in total. The van der Waals surface area contributed by atoms with Crippen molar-refractivity contribution in [1.29, 1.82) is 0 Å². The van der Waals surface area contributed by atoms with Crippen molar-refractivity contribution in [2.24, 2.45) is 11.8 Å². The van der Waals surface area contributed by atoms with Gasteiger partial charge in [-0.25, -0.2) is 0 Å². The van der Waals surface area contributed by atoms with Crippen molar-refractivity contribution in [3.05, 3.63) is 0 Å². The van der Waals surface area contributed by atoms with Crippen LogP contribution in [0.5, 0.6) is 0 Å². The predicted molar refractivity (Wildman–Crippen MR) is 76.8 cm³/mol. The molecule has 0 bridgehead atoms. The standard InChI is InChI=1S/C16H31NO/c1-6-17-14-10-8-7-9-12(14)13-11-15(2,3)18-16(13,4)5/h12-14,17H,6-11H2,1-5H3. The summed E-state index contributed by atoms with van der Waals surface area (Å²) < 4.78 is 6.30. The normalized spacial score (nSPS) is 38.8. The lowest BCUT2D eigenvalue weighted by molar-refractivity contribution is -0.0831. The average Bonchev–Trinajstić information content (AvgIpc) is 2.48. The monoisotopic (exact) mass is 253 g/mol. The van der Waals surface area contributed by atoms with Crippen LogP contribution in [0.25, 0.3) is 0 Å². The van der Waals surface area contributed by atoms with Crippen LogP contribution in [0, 0.1) is 11.8 Å². The Kier molecular flexibility index (Phi) is 4.08. The second kappa shape index (κ2) is 5.13.